The molecule has 0 aliphatic rings. The van der Waals surface area contributed by atoms with Gasteiger partial charge < -0.3 is 14.5 Å². The van der Waals surface area contributed by atoms with Crippen LogP contribution in [0.15, 0.2) is 53.3 Å². The number of aromatic amines is 1. The molecule has 3 rings (SSSR count). The fourth-order valence-corrected chi connectivity index (χ4v) is 2.46. The molecule has 0 bridgehead atoms. The first-order chi connectivity index (χ1) is 10.3. The van der Waals surface area contributed by atoms with Gasteiger partial charge in [0.1, 0.15) is 5.75 Å². The predicted molar refractivity (Wildman–Crippen MR) is 83.1 cm³/mol. The van der Waals surface area contributed by atoms with Crippen molar-refractivity contribution in [1.29, 1.82) is 0 Å². The molecule has 106 valence electrons. The molecule has 0 spiro atoms. The maximum absolute atomic E-state index is 12.7. The molecule has 1 aromatic heterocycles. The fraction of sp³-hybridized carbons (Fsp3) is 0.118. The first kappa shape index (κ1) is 13.2. The predicted octanol–water partition coefficient (Wildman–Crippen LogP) is 3.21. The molecule has 1 heterocycles. The summed E-state index contributed by atoms with van der Waals surface area (Å²) in [7, 11) is 3.05. The lowest BCUT2D eigenvalue weighted by Crippen LogP contribution is -2.10. The molecule has 4 nitrogen and oxygen atoms in total. The molecule has 0 radical (unpaired) electrons. The van der Waals surface area contributed by atoms with E-state index in [1.54, 1.807) is 13.2 Å². The first-order valence-corrected chi connectivity index (χ1v) is 6.58. The summed E-state index contributed by atoms with van der Waals surface area (Å²) in [5.74, 6) is 0.824. The number of pyridine rings is 1. The average molecular weight is 281 g/mol. The Morgan fingerprint density at radius 2 is 1.67 bits per heavy atom. The largest absolute Gasteiger partial charge is 0.496 e. The quantitative estimate of drug-likeness (QED) is 0.802. The van der Waals surface area contributed by atoms with E-state index in [9.17, 15) is 4.79 Å². The zero-order valence-corrected chi connectivity index (χ0v) is 11.8. The third-order valence-electron chi connectivity index (χ3n) is 3.43. The normalized spacial score (nSPS) is 10.6. The molecule has 0 atom stereocenters. The van der Waals surface area contributed by atoms with Gasteiger partial charge in [0.05, 0.1) is 30.8 Å². The maximum Gasteiger partial charge on any atom is 0.235 e. The van der Waals surface area contributed by atoms with Gasteiger partial charge in [-0.05, 0) is 12.1 Å². The Morgan fingerprint density at radius 1 is 0.905 bits per heavy atom. The van der Waals surface area contributed by atoms with E-state index in [1.807, 2.05) is 42.5 Å². The number of nitrogens with one attached hydrogen (secondary N) is 1. The van der Waals surface area contributed by atoms with Crippen LogP contribution >= 0.6 is 0 Å². The summed E-state index contributed by atoms with van der Waals surface area (Å²) in [6.07, 6.45) is 0. The molecule has 3 aromatic rings. The van der Waals surface area contributed by atoms with E-state index in [2.05, 4.69) is 4.98 Å². The van der Waals surface area contributed by atoms with Gasteiger partial charge in [-0.15, -0.1) is 0 Å². The highest BCUT2D eigenvalue weighted by molar-refractivity contribution is 5.89. The lowest BCUT2D eigenvalue weighted by molar-refractivity contribution is 0.408. The van der Waals surface area contributed by atoms with E-state index in [0.29, 0.717) is 22.6 Å². The van der Waals surface area contributed by atoms with Crippen LogP contribution in [0.3, 0.4) is 0 Å². The molecule has 1 N–H and O–H groups in total. The summed E-state index contributed by atoms with van der Waals surface area (Å²) in [6.45, 7) is 0. The van der Waals surface area contributed by atoms with Gasteiger partial charge in [-0.3, -0.25) is 4.79 Å². The average Bonchev–Trinajstić information content (AvgIpc) is 2.54. The summed E-state index contributed by atoms with van der Waals surface area (Å²) >= 11 is 0. The minimum atomic E-state index is -0.178. The molecule has 4 heteroatoms. The van der Waals surface area contributed by atoms with Crippen LogP contribution < -0.4 is 14.9 Å². The lowest BCUT2D eigenvalue weighted by Gasteiger charge is -2.12. The lowest BCUT2D eigenvalue weighted by atomic mass is 10.1. The monoisotopic (exact) mass is 281 g/mol. The molecule has 0 aliphatic carbocycles. The van der Waals surface area contributed by atoms with E-state index in [-0.39, 0.29) is 5.43 Å². The second kappa shape index (κ2) is 5.32. The molecular formula is C17H15NO3. The standard InChI is InChI=1S/C17H15NO3/c1-20-13-10-6-9-12-14(13)16(19)17(21-2)15(18-12)11-7-4-3-5-8-11/h3-10H,1-2H3,(H,18,19). The van der Waals surface area contributed by atoms with Crippen molar-refractivity contribution in [2.24, 2.45) is 0 Å². The van der Waals surface area contributed by atoms with Gasteiger partial charge >= 0.3 is 0 Å². The Bertz CT molecular complexity index is 838. The number of rotatable bonds is 3. The molecular weight excluding hydrogens is 266 g/mol. The summed E-state index contributed by atoms with van der Waals surface area (Å²) in [6, 6.07) is 15.1. The molecule has 0 fully saturated rings. The van der Waals surface area contributed by atoms with E-state index < -0.39 is 0 Å². The topological polar surface area (TPSA) is 51.3 Å². The number of hydrogen-bond acceptors (Lipinski definition) is 3. The van der Waals surface area contributed by atoms with Crippen LogP contribution in [-0.2, 0) is 0 Å². The van der Waals surface area contributed by atoms with Crippen molar-refractivity contribution in [3.63, 3.8) is 0 Å². The van der Waals surface area contributed by atoms with Gasteiger partial charge in [0, 0.05) is 5.56 Å². The number of methoxy groups -OCH3 is 2. The van der Waals surface area contributed by atoms with Crippen LogP contribution in [-0.4, -0.2) is 19.2 Å². The SMILES string of the molecule is COc1c(-c2ccccc2)[nH]c2cccc(OC)c2c1=O. The van der Waals surface area contributed by atoms with Crippen LogP contribution in [0.4, 0.5) is 0 Å². The van der Waals surface area contributed by atoms with Gasteiger partial charge in [0.2, 0.25) is 5.43 Å². The van der Waals surface area contributed by atoms with E-state index in [1.165, 1.54) is 7.11 Å². The summed E-state index contributed by atoms with van der Waals surface area (Å²) in [5.41, 5.74) is 2.11. The van der Waals surface area contributed by atoms with Crippen LogP contribution in [0.2, 0.25) is 0 Å². The van der Waals surface area contributed by atoms with Crippen molar-refractivity contribution in [2.75, 3.05) is 14.2 Å². The molecule has 0 amide bonds. The number of fused-ring (bicyclic) bond motifs is 1. The van der Waals surface area contributed by atoms with Crippen molar-refractivity contribution < 1.29 is 9.47 Å². The minimum Gasteiger partial charge on any atom is -0.496 e. The van der Waals surface area contributed by atoms with Crippen molar-refractivity contribution in [2.45, 2.75) is 0 Å². The number of H-pyrrole nitrogens is 1. The molecule has 2 aromatic carbocycles. The van der Waals surface area contributed by atoms with Gasteiger partial charge in [-0.25, -0.2) is 0 Å². The van der Waals surface area contributed by atoms with Gasteiger partial charge in [-0.2, -0.15) is 0 Å². The number of ether oxygens (including phenoxy) is 2. The Morgan fingerprint density at radius 3 is 2.33 bits per heavy atom. The summed E-state index contributed by atoms with van der Waals surface area (Å²) < 4.78 is 10.6. The molecule has 0 unspecified atom stereocenters. The van der Waals surface area contributed by atoms with Gasteiger partial charge in [0.15, 0.2) is 5.75 Å². The van der Waals surface area contributed by atoms with Gasteiger partial charge in [-0.1, -0.05) is 36.4 Å². The second-order valence-electron chi connectivity index (χ2n) is 4.61. The van der Waals surface area contributed by atoms with Crippen LogP contribution in [0.5, 0.6) is 11.5 Å². The van der Waals surface area contributed by atoms with Crippen molar-refractivity contribution >= 4 is 10.9 Å². The Labute approximate surface area is 122 Å². The van der Waals surface area contributed by atoms with Gasteiger partial charge in [0.25, 0.3) is 0 Å². The van der Waals surface area contributed by atoms with Crippen molar-refractivity contribution in [1.82, 2.24) is 4.98 Å². The second-order valence-corrected chi connectivity index (χ2v) is 4.61. The third-order valence-corrected chi connectivity index (χ3v) is 3.43. The highest BCUT2D eigenvalue weighted by Crippen LogP contribution is 2.30. The fourth-order valence-electron chi connectivity index (χ4n) is 2.46. The zero-order valence-electron chi connectivity index (χ0n) is 11.8. The minimum absolute atomic E-state index is 0.178. The Kier molecular flexibility index (Phi) is 3.36. The number of hydrogen-bond donors (Lipinski definition) is 1. The first-order valence-electron chi connectivity index (χ1n) is 6.58. The number of benzene rings is 2. The summed E-state index contributed by atoms with van der Waals surface area (Å²) in [5, 5.41) is 0.497. The van der Waals surface area contributed by atoms with Crippen LogP contribution in [0.25, 0.3) is 22.2 Å². The molecule has 21 heavy (non-hydrogen) atoms. The molecule has 0 saturated heterocycles. The van der Waals surface area contributed by atoms with E-state index in [4.69, 9.17) is 9.47 Å². The van der Waals surface area contributed by atoms with Crippen LogP contribution in [0, 0.1) is 0 Å². The Balaban J connectivity index is 2.40. The molecule has 0 aliphatic heterocycles. The van der Waals surface area contributed by atoms with Crippen molar-refractivity contribution in [3.8, 4) is 22.8 Å². The smallest absolute Gasteiger partial charge is 0.235 e. The maximum atomic E-state index is 12.7. The zero-order chi connectivity index (χ0) is 14.8. The van der Waals surface area contributed by atoms with E-state index >= 15 is 0 Å². The third kappa shape index (κ3) is 2.14. The van der Waals surface area contributed by atoms with Crippen molar-refractivity contribution in [3.05, 3.63) is 58.8 Å². The van der Waals surface area contributed by atoms with E-state index in [0.717, 1.165) is 11.1 Å². The summed E-state index contributed by atoms with van der Waals surface area (Å²) in [4.78, 5) is 16.0. The highest BCUT2D eigenvalue weighted by Gasteiger charge is 2.16. The highest BCUT2D eigenvalue weighted by atomic mass is 16.5. The van der Waals surface area contributed by atoms with Crippen LogP contribution in [0.1, 0.15) is 0 Å². The molecule has 0 saturated carbocycles. The number of aromatic nitrogens is 1. The Hall–Kier alpha value is -2.75.